The summed E-state index contributed by atoms with van der Waals surface area (Å²) >= 11 is 0. The van der Waals surface area contributed by atoms with Crippen LogP contribution in [0.5, 0.6) is 5.75 Å². The summed E-state index contributed by atoms with van der Waals surface area (Å²) in [5, 5.41) is -0.494. The maximum Gasteiger partial charge on any atom is 0.274 e. The van der Waals surface area contributed by atoms with Crippen molar-refractivity contribution in [3.8, 4) is 5.75 Å². The molecule has 0 saturated carbocycles. The second-order valence-electron chi connectivity index (χ2n) is 5.80. The quantitative estimate of drug-likeness (QED) is 0.821. The third-order valence-corrected chi connectivity index (χ3v) is 6.62. The van der Waals surface area contributed by atoms with Crippen molar-refractivity contribution in [3.05, 3.63) is 48.5 Å². The van der Waals surface area contributed by atoms with Crippen LogP contribution < -0.4 is 4.74 Å². The molecule has 1 saturated heterocycles. The first-order chi connectivity index (χ1) is 12.0. The lowest BCUT2D eigenvalue weighted by Gasteiger charge is -2.31. The number of nitrogens with zero attached hydrogens (tertiary/aromatic N) is 3. The van der Waals surface area contributed by atoms with E-state index in [4.69, 9.17) is 4.74 Å². The van der Waals surface area contributed by atoms with E-state index in [9.17, 15) is 13.2 Å². The van der Waals surface area contributed by atoms with Crippen LogP contribution in [0.25, 0.3) is 0 Å². The molecule has 2 heterocycles. The van der Waals surface area contributed by atoms with E-state index >= 15 is 0 Å². The minimum Gasteiger partial charge on any atom is -0.497 e. The average Bonchev–Trinajstić information content (AvgIpc) is 2.68. The van der Waals surface area contributed by atoms with E-state index in [0.717, 1.165) is 0 Å². The Labute approximate surface area is 146 Å². The van der Waals surface area contributed by atoms with Crippen LogP contribution >= 0.6 is 0 Å². The number of hydrogen-bond donors (Lipinski definition) is 0. The van der Waals surface area contributed by atoms with Crippen molar-refractivity contribution < 1.29 is 17.9 Å². The van der Waals surface area contributed by atoms with Crippen molar-refractivity contribution in [3.63, 3.8) is 0 Å². The van der Waals surface area contributed by atoms with Gasteiger partial charge in [-0.1, -0.05) is 0 Å². The molecule has 132 valence electrons. The first-order valence-corrected chi connectivity index (χ1v) is 9.50. The number of ether oxygens (including phenoxy) is 1. The van der Waals surface area contributed by atoms with Crippen LogP contribution in [0.1, 0.15) is 23.3 Å². The molecule has 0 unspecified atom stereocenters. The van der Waals surface area contributed by atoms with Gasteiger partial charge in [0.05, 0.1) is 23.5 Å². The van der Waals surface area contributed by atoms with Gasteiger partial charge in [0, 0.05) is 25.5 Å². The zero-order valence-corrected chi connectivity index (χ0v) is 14.6. The summed E-state index contributed by atoms with van der Waals surface area (Å²) in [7, 11) is -1.89. The predicted octanol–water partition coefficient (Wildman–Crippen LogP) is 1.56. The molecule has 3 rings (SSSR count). The molecule has 0 radical (unpaired) electrons. The number of aromatic nitrogens is 2. The minimum absolute atomic E-state index is 0.214. The van der Waals surface area contributed by atoms with Gasteiger partial charge in [-0.25, -0.2) is 13.4 Å². The molecule has 0 aliphatic carbocycles. The van der Waals surface area contributed by atoms with Gasteiger partial charge in [0.15, 0.2) is 9.84 Å². The lowest BCUT2D eigenvalue weighted by atomic mass is 10.1. The maximum atomic E-state index is 12.8. The Kier molecular flexibility index (Phi) is 4.98. The monoisotopic (exact) mass is 361 g/mol. The fourth-order valence-corrected chi connectivity index (χ4v) is 4.63. The fourth-order valence-electron chi connectivity index (χ4n) is 2.90. The van der Waals surface area contributed by atoms with Crippen LogP contribution in [-0.2, 0) is 9.84 Å². The number of carbonyl (C=O) groups is 1. The second kappa shape index (κ2) is 7.18. The van der Waals surface area contributed by atoms with E-state index in [2.05, 4.69) is 9.97 Å². The van der Waals surface area contributed by atoms with Crippen LogP contribution in [0.4, 0.5) is 0 Å². The summed E-state index contributed by atoms with van der Waals surface area (Å²) in [4.78, 5) is 22.2. The second-order valence-corrected chi connectivity index (χ2v) is 8.03. The summed E-state index contributed by atoms with van der Waals surface area (Å²) in [6.07, 6.45) is 5.20. The van der Waals surface area contributed by atoms with Crippen molar-refractivity contribution in [2.75, 3.05) is 20.2 Å². The molecule has 0 bridgehead atoms. The van der Waals surface area contributed by atoms with Gasteiger partial charge in [0.2, 0.25) is 0 Å². The van der Waals surface area contributed by atoms with Crippen molar-refractivity contribution >= 4 is 15.7 Å². The zero-order chi connectivity index (χ0) is 17.9. The molecule has 0 atom stereocenters. The van der Waals surface area contributed by atoms with Crippen LogP contribution in [0, 0.1) is 0 Å². The molecule has 1 aliphatic heterocycles. The highest BCUT2D eigenvalue weighted by Crippen LogP contribution is 2.26. The first-order valence-electron chi connectivity index (χ1n) is 7.95. The number of amides is 1. The molecule has 25 heavy (non-hydrogen) atoms. The van der Waals surface area contributed by atoms with Gasteiger partial charge in [-0.15, -0.1) is 0 Å². The summed E-state index contributed by atoms with van der Waals surface area (Å²) < 4.78 is 30.6. The van der Waals surface area contributed by atoms with Crippen LogP contribution in [0.2, 0.25) is 0 Å². The first kappa shape index (κ1) is 17.3. The molecule has 1 amide bonds. The highest BCUT2D eigenvalue weighted by Gasteiger charge is 2.33. The fraction of sp³-hybridized carbons (Fsp3) is 0.353. The van der Waals surface area contributed by atoms with E-state index < -0.39 is 15.1 Å². The van der Waals surface area contributed by atoms with Crippen LogP contribution in [-0.4, -0.2) is 54.6 Å². The number of hydrogen-bond acceptors (Lipinski definition) is 6. The topological polar surface area (TPSA) is 89.5 Å². The van der Waals surface area contributed by atoms with Gasteiger partial charge in [-0.3, -0.25) is 9.78 Å². The molecule has 1 fully saturated rings. The number of piperidine rings is 1. The Morgan fingerprint density at radius 3 is 2.40 bits per heavy atom. The summed E-state index contributed by atoms with van der Waals surface area (Å²) in [5.41, 5.74) is 0.277. The average molecular weight is 361 g/mol. The lowest BCUT2D eigenvalue weighted by molar-refractivity contribution is 0.0719. The van der Waals surface area contributed by atoms with Crippen LogP contribution in [0.15, 0.2) is 47.8 Å². The van der Waals surface area contributed by atoms with Crippen molar-refractivity contribution in [2.24, 2.45) is 0 Å². The predicted molar refractivity (Wildman–Crippen MR) is 91.1 cm³/mol. The summed E-state index contributed by atoms with van der Waals surface area (Å²) in [6.45, 7) is 0.769. The van der Waals surface area contributed by atoms with Gasteiger partial charge in [0.25, 0.3) is 5.91 Å². The smallest absolute Gasteiger partial charge is 0.274 e. The highest BCUT2D eigenvalue weighted by molar-refractivity contribution is 7.92. The molecule has 1 aromatic carbocycles. The van der Waals surface area contributed by atoms with E-state index in [1.54, 1.807) is 29.2 Å². The van der Waals surface area contributed by atoms with Gasteiger partial charge < -0.3 is 9.64 Å². The molecule has 8 heteroatoms. The molecule has 7 nitrogen and oxygen atoms in total. The highest BCUT2D eigenvalue weighted by atomic mass is 32.2. The molecule has 0 spiro atoms. The van der Waals surface area contributed by atoms with E-state index in [0.29, 0.717) is 31.7 Å². The van der Waals surface area contributed by atoms with Crippen molar-refractivity contribution in [2.45, 2.75) is 23.0 Å². The molecule has 2 aromatic rings. The molecule has 0 N–H and O–H groups in total. The molecule has 1 aliphatic rings. The largest absolute Gasteiger partial charge is 0.497 e. The van der Waals surface area contributed by atoms with Crippen LogP contribution in [0.3, 0.4) is 0 Å². The van der Waals surface area contributed by atoms with Gasteiger partial charge >= 0.3 is 0 Å². The number of likely N-dealkylation sites (tertiary alicyclic amines) is 1. The normalized spacial score (nSPS) is 15.8. The maximum absolute atomic E-state index is 12.8. The Bertz CT molecular complexity index is 830. The van der Waals surface area contributed by atoms with Gasteiger partial charge in [-0.05, 0) is 37.1 Å². The zero-order valence-electron chi connectivity index (χ0n) is 13.8. The molecule has 1 aromatic heterocycles. The Balaban J connectivity index is 1.67. The molecular formula is C17H19N3O4S. The number of benzene rings is 1. The number of sulfone groups is 1. The van der Waals surface area contributed by atoms with E-state index in [-0.39, 0.29) is 16.5 Å². The minimum atomic E-state index is -3.42. The number of methoxy groups -OCH3 is 1. The molecular weight excluding hydrogens is 342 g/mol. The summed E-state index contributed by atoms with van der Waals surface area (Å²) in [5.74, 6) is 0.400. The van der Waals surface area contributed by atoms with Crippen molar-refractivity contribution in [1.29, 1.82) is 0 Å². The standard InChI is InChI=1S/C17H19N3O4S/c1-24-13-2-4-14(5-3-13)25(22,23)15-6-10-20(11-7-15)17(21)16-12-18-8-9-19-16/h2-5,8-9,12,15H,6-7,10-11H2,1H3. The van der Waals surface area contributed by atoms with E-state index in [1.807, 2.05) is 0 Å². The number of rotatable bonds is 4. The Hall–Kier alpha value is -2.48. The summed E-state index contributed by atoms with van der Waals surface area (Å²) in [6, 6.07) is 6.40. The Morgan fingerprint density at radius 2 is 1.84 bits per heavy atom. The number of carbonyl (C=O) groups excluding carboxylic acids is 1. The van der Waals surface area contributed by atoms with Crippen molar-refractivity contribution in [1.82, 2.24) is 14.9 Å². The lowest BCUT2D eigenvalue weighted by Crippen LogP contribution is -2.42. The Morgan fingerprint density at radius 1 is 1.16 bits per heavy atom. The van der Waals surface area contributed by atoms with Gasteiger partial charge in [0.1, 0.15) is 11.4 Å². The third kappa shape index (κ3) is 3.63. The third-order valence-electron chi connectivity index (χ3n) is 4.34. The van der Waals surface area contributed by atoms with Gasteiger partial charge in [-0.2, -0.15) is 0 Å². The SMILES string of the molecule is COc1ccc(S(=O)(=O)C2CCN(C(=O)c3cnccn3)CC2)cc1. The van der Waals surface area contributed by atoms with E-state index in [1.165, 1.54) is 25.7 Å².